The van der Waals surface area contributed by atoms with E-state index in [1.165, 1.54) is 12.5 Å². The molecule has 0 bridgehead atoms. The van der Waals surface area contributed by atoms with Gasteiger partial charge in [-0.25, -0.2) is 9.78 Å². The number of amides is 1. The van der Waals surface area contributed by atoms with E-state index in [2.05, 4.69) is 9.97 Å². The first-order valence-corrected chi connectivity index (χ1v) is 5.70. The second kappa shape index (κ2) is 6.74. The molecule has 1 heterocycles. The van der Waals surface area contributed by atoms with Crippen LogP contribution in [-0.4, -0.2) is 39.2 Å². The van der Waals surface area contributed by atoms with Gasteiger partial charge in [0.1, 0.15) is 6.04 Å². The van der Waals surface area contributed by atoms with Gasteiger partial charge < -0.3 is 15.4 Å². The lowest BCUT2D eigenvalue weighted by Gasteiger charge is -2.16. The van der Waals surface area contributed by atoms with E-state index < -0.39 is 36.4 Å². The van der Waals surface area contributed by atoms with Crippen molar-refractivity contribution in [3.05, 3.63) is 18.2 Å². The number of aliphatic carboxylic acids is 1. The highest BCUT2D eigenvalue weighted by Gasteiger charge is 2.41. The molecule has 0 radical (unpaired) electrons. The molecule has 0 aliphatic heterocycles. The summed E-state index contributed by atoms with van der Waals surface area (Å²) in [7, 11) is 0. The van der Waals surface area contributed by atoms with Crippen LogP contribution in [0.2, 0.25) is 0 Å². The Morgan fingerprint density at radius 3 is 2.62 bits per heavy atom. The number of carbonyl (C=O) groups is 2. The van der Waals surface area contributed by atoms with Gasteiger partial charge >= 0.3 is 12.1 Å². The Hall–Kier alpha value is -2.57. The van der Waals surface area contributed by atoms with Crippen molar-refractivity contribution in [1.29, 1.82) is 5.26 Å². The zero-order chi connectivity index (χ0) is 16.0. The summed E-state index contributed by atoms with van der Waals surface area (Å²) in [6.07, 6.45) is -3.48. The molecule has 0 saturated carbocycles. The number of rotatable bonds is 6. The standard InChI is InChI=1S/C11H11F3N4O3/c12-11(13,14)6(3-15)1-9(19)18-8(10(20)21)2-7-4-16-5-17-7/h4-6,8H,1-2H2,(H,16,17)(H,18,19)(H,20,21). The van der Waals surface area contributed by atoms with Gasteiger partial charge in [0.25, 0.3) is 0 Å². The number of hydrogen-bond acceptors (Lipinski definition) is 4. The van der Waals surface area contributed by atoms with Crippen LogP contribution in [-0.2, 0) is 16.0 Å². The molecular formula is C11H11F3N4O3. The Balaban J connectivity index is 2.65. The maximum atomic E-state index is 12.3. The molecule has 0 aliphatic rings. The molecule has 1 rings (SSSR count). The van der Waals surface area contributed by atoms with Crippen LogP contribution in [0, 0.1) is 17.2 Å². The quantitative estimate of drug-likeness (QED) is 0.711. The molecule has 1 aromatic heterocycles. The van der Waals surface area contributed by atoms with Gasteiger partial charge in [-0.15, -0.1) is 0 Å². The predicted molar refractivity (Wildman–Crippen MR) is 61.6 cm³/mol. The number of carboxylic acid groups (broad SMARTS) is 1. The fourth-order valence-electron chi connectivity index (χ4n) is 1.48. The highest BCUT2D eigenvalue weighted by Crippen LogP contribution is 2.28. The number of nitrogens with one attached hydrogen (secondary N) is 2. The van der Waals surface area contributed by atoms with Gasteiger partial charge in [-0.05, 0) is 0 Å². The molecule has 2 unspecified atom stereocenters. The van der Waals surface area contributed by atoms with Crippen molar-refractivity contribution in [3.8, 4) is 6.07 Å². The van der Waals surface area contributed by atoms with Gasteiger partial charge in [0.05, 0.1) is 24.5 Å². The van der Waals surface area contributed by atoms with Crippen LogP contribution in [0.3, 0.4) is 0 Å². The number of alkyl halides is 3. The van der Waals surface area contributed by atoms with Crippen molar-refractivity contribution in [2.24, 2.45) is 5.92 Å². The zero-order valence-electron chi connectivity index (χ0n) is 10.5. The average molecular weight is 304 g/mol. The average Bonchev–Trinajstić information content (AvgIpc) is 2.86. The Bertz CT molecular complexity index is 536. The van der Waals surface area contributed by atoms with Crippen molar-refractivity contribution in [2.75, 3.05) is 0 Å². The number of halogens is 3. The van der Waals surface area contributed by atoms with Crippen molar-refractivity contribution in [1.82, 2.24) is 15.3 Å². The molecule has 1 amide bonds. The summed E-state index contributed by atoms with van der Waals surface area (Å²) >= 11 is 0. The van der Waals surface area contributed by atoms with E-state index in [1.54, 1.807) is 0 Å². The van der Waals surface area contributed by atoms with Gasteiger partial charge in [-0.3, -0.25) is 4.79 Å². The third-order valence-corrected chi connectivity index (χ3v) is 2.54. The van der Waals surface area contributed by atoms with E-state index >= 15 is 0 Å². The SMILES string of the molecule is N#CC(CC(=O)NC(Cc1c[nH]cn1)C(=O)O)C(F)(F)F. The maximum absolute atomic E-state index is 12.3. The summed E-state index contributed by atoms with van der Waals surface area (Å²) in [5.74, 6) is -5.05. The normalized spacial score (nSPS) is 14.0. The summed E-state index contributed by atoms with van der Waals surface area (Å²) in [6.45, 7) is 0. The van der Waals surface area contributed by atoms with Gasteiger partial charge in [0, 0.05) is 12.6 Å². The summed E-state index contributed by atoms with van der Waals surface area (Å²) in [5.41, 5.74) is 0.329. The summed E-state index contributed by atoms with van der Waals surface area (Å²) < 4.78 is 37.0. The van der Waals surface area contributed by atoms with Crippen LogP contribution < -0.4 is 5.32 Å². The Morgan fingerprint density at radius 1 is 1.52 bits per heavy atom. The van der Waals surface area contributed by atoms with Crippen molar-refractivity contribution < 1.29 is 27.9 Å². The number of H-pyrrole nitrogens is 1. The van der Waals surface area contributed by atoms with Crippen LogP contribution >= 0.6 is 0 Å². The smallest absolute Gasteiger partial charge is 0.404 e. The minimum atomic E-state index is -4.84. The molecule has 21 heavy (non-hydrogen) atoms. The van der Waals surface area contributed by atoms with Gasteiger partial charge in [-0.2, -0.15) is 18.4 Å². The van der Waals surface area contributed by atoms with Crippen molar-refractivity contribution >= 4 is 11.9 Å². The molecule has 0 aliphatic carbocycles. The van der Waals surface area contributed by atoms with Crippen LogP contribution in [0.15, 0.2) is 12.5 Å². The monoisotopic (exact) mass is 304 g/mol. The van der Waals surface area contributed by atoms with Crippen LogP contribution in [0.25, 0.3) is 0 Å². The highest BCUT2D eigenvalue weighted by atomic mass is 19.4. The number of carboxylic acids is 1. The molecule has 0 aromatic carbocycles. The largest absolute Gasteiger partial charge is 0.480 e. The fourth-order valence-corrected chi connectivity index (χ4v) is 1.48. The van der Waals surface area contributed by atoms with Crippen LogP contribution in [0.5, 0.6) is 0 Å². The molecule has 2 atom stereocenters. The van der Waals surface area contributed by atoms with Crippen molar-refractivity contribution in [3.63, 3.8) is 0 Å². The third-order valence-electron chi connectivity index (χ3n) is 2.54. The molecule has 0 spiro atoms. The zero-order valence-corrected chi connectivity index (χ0v) is 10.5. The van der Waals surface area contributed by atoms with E-state index in [0.29, 0.717) is 5.69 Å². The number of imidazole rings is 1. The first-order valence-electron chi connectivity index (χ1n) is 5.70. The lowest BCUT2D eigenvalue weighted by atomic mass is 10.1. The van der Waals surface area contributed by atoms with Gasteiger partial charge in [0.15, 0.2) is 5.92 Å². The second-order valence-corrected chi connectivity index (χ2v) is 4.15. The molecule has 114 valence electrons. The maximum Gasteiger partial charge on any atom is 0.404 e. The third kappa shape index (κ3) is 5.13. The lowest BCUT2D eigenvalue weighted by molar-refractivity contribution is -0.165. The van der Waals surface area contributed by atoms with E-state index in [1.807, 2.05) is 5.32 Å². The minimum Gasteiger partial charge on any atom is -0.480 e. The van der Waals surface area contributed by atoms with Gasteiger partial charge in [0.2, 0.25) is 5.91 Å². The predicted octanol–water partition coefficient (Wildman–Crippen LogP) is 0.614. The Labute approximate surface area is 116 Å². The molecule has 0 saturated heterocycles. The van der Waals surface area contributed by atoms with E-state index in [-0.39, 0.29) is 6.42 Å². The summed E-state index contributed by atoms with van der Waals surface area (Å²) in [4.78, 5) is 28.8. The first-order chi connectivity index (χ1) is 9.74. The number of aromatic amines is 1. The molecular weight excluding hydrogens is 293 g/mol. The van der Waals surface area contributed by atoms with Crippen LogP contribution in [0.1, 0.15) is 12.1 Å². The summed E-state index contributed by atoms with van der Waals surface area (Å²) in [5, 5.41) is 19.3. The number of hydrogen-bond donors (Lipinski definition) is 3. The number of nitriles is 1. The minimum absolute atomic E-state index is 0.187. The molecule has 0 fully saturated rings. The number of nitrogens with zero attached hydrogens (tertiary/aromatic N) is 2. The fraction of sp³-hybridized carbons (Fsp3) is 0.455. The Morgan fingerprint density at radius 2 is 2.19 bits per heavy atom. The molecule has 1 aromatic rings. The van der Waals surface area contributed by atoms with Crippen molar-refractivity contribution in [2.45, 2.75) is 25.1 Å². The first kappa shape index (κ1) is 16.5. The summed E-state index contributed by atoms with van der Waals surface area (Å²) in [6, 6.07) is -0.452. The molecule has 10 heteroatoms. The number of carbonyl (C=O) groups excluding carboxylic acids is 1. The topological polar surface area (TPSA) is 119 Å². The Kier molecular flexibility index (Phi) is 5.29. The van der Waals surface area contributed by atoms with Gasteiger partial charge in [-0.1, -0.05) is 0 Å². The number of aromatic nitrogens is 2. The van der Waals surface area contributed by atoms with E-state index in [9.17, 15) is 22.8 Å². The highest BCUT2D eigenvalue weighted by molar-refractivity contribution is 5.84. The lowest BCUT2D eigenvalue weighted by Crippen LogP contribution is -2.43. The van der Waals surface area contributed by atoms with E-state index in [0.717, 1.165) is 6.07 Å². The second-order valence-electron chi connectivity index (χ2n) is 4.15. The van der Waals surface area contributed by atoms with Crippen LogP contribution in [0.4, 0.5) is 13.2 Å². The molecule has 3 N–H and O–H groups in total. The van der Waals surface area contributed by atoms with E-state index in [4.69, 9.17) is 10.4 Å². The molecule has 7 nitrogen and oxygen atoms in total.